The predicted octanol–water partition coefficient (Wildman–Crippen LogP) is 3.33. The van der Waals surface area contributed by atoms with Gasteiger partial charge in [0.2, 0.25) is 0 Å². The van der Waals surface area contributed by atoms with E-state index in [0.717, 1.165) is 32.2 Å². The molecule has 3 N–H and O–H groups in total. The number of phenolic OH excluding ortho intramolecular Hbond substituents is 1. The number of aliphatic hydroxyl groups excluding tert-OH is 1. The first kappa shape index (κ1) is 21.2. The van der Waals surface area contributed by atoms with Crippen LogP contribution in [0.25, 0.3) is 0 Å². The Balaban J connectivity index is 0.00000101. The van der Waals surface area contributed by atoms with Gasteiger partial charge in [-0.1, -0.05) is 18.2 Å². The molecule has 0 bridgehead atoms. The highest BCUT2D eigenvalue weighted by Crippen LogP contribution is 2.31. The standard InChI is InChI=1S/C18H20FNO2.CH4O.ClH/c19-15-6-4-13(5-7-15)18-8-9-20-11-14(18)12-22-17-3-1-2-16(21)10-17;1-2;/h1-7,10,14,18,20-21H,8-9,11-12H2;2H,1H3;1H. The molecule has 138 valence electrons. The maximum atomic E-state index is 13.1. The normalized spacial score (nSPS) is 19.2. The molecule has 4 nitrogen and oxygen atoms in total. The van der Waals surface area contributed by atoms with Crippen molar-refractivity contribution in [3.8, 4) is 11.5 Å². The van der Waals surface area contributed by atoms with Crippen molar-refractivity contribution in [1.82, 2.24) is 5.32 Å². The third-order valence-corrected chi connectivity index (χ3v) is 4.19. The molecule has 3 rings (SSSR count). The maximum Gasteiger partial charge on any atom is 0.123 e. The van der Waals surface area contributed by atoms with Gasteiger partial charge in [0.25, 0.3) is 0 Å². The van der Waals surface area contributed by atoms with Crippen molar-refractivity contribution in [3.63, 3.8) is 0 Å². The molecular formula is C19H25ClFNO3. The zero-order valence-corrected chi connectivity index (χ0v) is 15.0. The van der Waals surface area contributed by atoms with E-state index in [-0.39, 0.29) is 24.0 Å². The summed E-state index contributed by atoms with van der Waals surface area (Å²) in [6, 6.07) is 13.6. The lowest BCUT2D eigenvalue weighted by atomic mass is 9.81. The number of nitrogens with one attached hydrogen (secondary N) is 1. The fourth-order valence-corrected chi connectivity index (χ4v) is 3.02. The minimum atomic E-state index is -0.203. The first-order chi connectivity index (χ1) is 11.7. The van der Waals surface area contributed by atoms with E-state index in [9.17, 15) is 9.50 Å². The summed E-state index contributed by atoms with van der Waals surface area (Å²) in [6.45, 7) is 2.41. The highest BCUT2D eigenvalue weighted by atomic mass is 35.5. The third-order valence-electron chi connectivity index (χ3n) is 4.19. The molecule has 0 aliphatic carbocycles. The summed E-state index contributed by atoms with van der Waals surface area (Å²) < 4.78 is 18.9. The molecule has 2 aromatic rings. The molecule has 6 heteroatoms. The minimum Gasteiger partial charge on any atom is -0.508 e. The highest BCUT2D eigenvalue weighted by Gasteiger charge is 2.27. The van der Waals surface area contributed by atoms with Crippen molar-refractivity contribution in [2.24, 2.45) is 5.92 Å². The van der Waals surface area contributed by atoms with Gasteiger partial charge in [0.1, 0.15) is 17.3 Å². The van der Waals surface area contributed by atoms with Gasteiger partial charge in [-0.15, -0.1) is 12.4 Å². The van der Waals surface area contributed by atoms with Crippen molar-refractivity contribution in [1.29, 1.82) is 0 Å². The Bertz CT molecular complexity index is 624. The fraction of sp³-hybridized carbons (Fsp3) is 0.368. The summed E-state index contributed by atoms with van der Waals surface area (Å²) in [4.78, 5) is 0. The average Bonchev–Trinajstić information content (AvgIpc) is 2.63. The molecule has 1 aliphatic rings. The molecule has 0 saturated carbocycles. The molecule has 2 aromatic carbocycles. The first-order valence-electron chi connectivity index (χ1n) is 8.05. The molecule has 0 spiro atoms. The van der Waals surface area contributed by atoms with Crippen molar-refractivity contribution < 1.29 is 19.3 Å². The first-order valence-corrected chi connectivity index (χ1v) is 8.05. The summed E-state index contributed by atoms with van der Waals surface area (Å²) >= 11 is 0. The molecule has 1 fully saturated rings. The number of aromatic hydroxyl groups is 1. The van der Waals surface area contributed by atoms with Gasteiger partial charge >= 0.3 is 0 Å². The monoisotopic (exact) mass is 369 g/mol. The number of phenols is 1. The summed E-state index contributed by atoms with van der Waals surface area (Å²) in [5.41, 5.74) is 1.16. The van der Waals surface area contributed by atoms with Crippen molar-refractivity contribution in [3.05, 3.63) is 59.9 Å². The topological polar surface area (TPSA) is 61.7 Å². The zero-order chi connectivity index (χ0) is 17.4. The Morgan fingerprint density at radius 3 is 2.56 bits per heavy atom. The van der Waals surface area contributed by atoms with E-state index < -0.39 is 0 Å². The van der Waals surface area contributed by atoms with Crippen LogP contribution in [0.2, 0.25) is 0 Å². The van der Waals surface area contributed by atoms with Gasteiger partial charge < -0.3 is 20.3 Å². The second kappa shape index (κ2) is 10.9. The molecule has 2 unspecified atom stereocenters. The quantitative estimate of drug-likeness (QED) is 0.773. The van der Waals surface area contributed by atoms with Gasteiger partial charge in [-0.05, 0) is 48.7 Å². The van der Waals surface area contributed by atoms with Gasteiger partial charge in [-0.25, -0.2) is 4.39 Å². The van der Waals surface area contributed by atoms with Crippen LogP contribution in [0.5, 0.6) is 11.5 Å². The summed E-state index contributed by atoms with van der Waals surface area (Å²) in [5, 5.41) is 19.9. The number of hydrogen-bond acceptors (Lipinski definition) is 4. The van der Waals surface area contributed by atoms with E-state index in [0.29, 0.717) is 24.2 Å². The van der Waals surface area contributed by atoms with Crippen LogP contribution in [0.1, 0.15) is 17.9 Å². The van der Waals surface area contributed by atoms with E-state index in [2.05, 4.69) is 5.32 Å². The van der Waals surface area contributed by atoms with Crippen molar-refractivity contribution in [2.75, 3.05) is 26.8 Å². The molecule has 25 heavy (non-hydrogen) atoms. The van der Waals surface area contributed by atoms with Gasteiger partial charge in [0.15, 0.2) is 0 Å². The number of benzene rings is 2. The van der Waals surface area contributed by atoms with Gasteiger partial charge in [0, 0.05) is 25.6 Å². The lowest BCUT2D eigenvalue weighted by Gasteiger charge is -2.32. The van der Waals surface area contributed by atoms with Gasteiger partial charge in [-0.3, -0.25) is 0 Å². The van der Waals surface area contributed by atoms with E-state index in [1.54, 1.807) is 18.2 Å². The number of aliphatic hydroxyl groups is 1. The van der Waals surface area contributed by atoms with Crippen LogP contribution in [0.15, 0.2) is 48.5 Å². The Kier molecular flexibility index (Phi) is 9.27. The molecule has 1 heterocycles. The molecule has 1 aliphatic heterocycles. The van der Waals surface area contributed by atoms with Crippen LogP contribution < -0.4 is 10.1 Å². The molecule has 1 saturated heterocycles. The zero-order valence-electron chi connectivity index (χ0n) is 14.2. The average molecular weight is 370 g/mol. The summed E-state index contributed by atoms with van der Waals surface area (Å²) in [6.07, 6.45) is 1.01. The minimum absolute atomic E-state index is 0. The molecule has 2 atom stereocenters. The van der Waals surface area contributed by atoms with Crippen LogP contribution in [0.3, 0.4) is 0 Å². The van der Waals surface area contributed by atoms with E-state index >= 15 is 0 Å². The molecule has 0 aromatic heterocycles. The van der Waals surface area contributed by atoms with Gasteiger partial charge in [-0.2, -0.15) is 0 Å². The van der Waals surface area contributed by atoms with E-state index in [1.165, 1.54) is 12.1 Å². The number of ether oxygens (including phenoxy) is 1. The fourth-order valence-electron chi connectivity index (χ4n) is 3.02. The second-order valence-electron chi connectivity index (χ2n) is 5.72. The third kappa shape index (κ3) is 6.20. The Labute approximate surface area is 154 Å². The van der Waals surface area contributed by atoms with Crippen LogP contribution in [-0.2, 0) is 0 Å². The Morgan fingerprint density at radius 2 is 1.88 bits per heavy atom. The maximum absolute atomic E-state index is 13.1. The van der Waals surface area contributed by atoms with Crippen molar-refractivity contribution in [2.45, 2.75) is 12.3 Å². The van der Waals surface area contributed by atoms with E-state index in [1.807, 2.05) is 18.2 Å². The number of halogens is 2. The number of rotatable bonds is 4. The Hall–Kier alpha value is -1.82. The van der Waals surface area contributed by atoms with Crippen LogP contribution >= 0.6 is 12.4 Å². The lowest BCUT2D eigenvalue weighted by molar-refractivity contribution is 0.196. The molecule has 0 radical (unpaired) electrons. The second-order valence-corrected chi connectivity index (χ2v) is 5.72. The van der Waals surface area contributed by atoms with Crippen molar-refractivity contribution >= 4 is 12.4 Å². The smallest absolute Gasteiger partial charge is 0.123 e. The predicted molar refractivity (Wildman–Crippen MR) is 99.1 cm³/mol. The summed E-state index contributed by atoms with van der Waals surface area (Å²) in [5.74, 6) is 1.35. The molecule has 0 amide bonds. The highest BCUT2D eigenvalue weighted by molar-refractivity contribution is 5.85. The Morgan fingerprint density at radius 1 is 1.16 bits per heavy atom. The number of piperidine rings is 1. The SMILES string of the molecule is CO.Cl.Oc1cccc(OCC2CNCCC2c2ccc(F)cc2)c1. The van der Waals surface area contributed by atoms with Crippen LogP contribution in [0, 0.1) is 11.7 Å². The van der Waals surface area contributed by atoms with Crippen LogP contribution in [-0.4, -0.2) is 37.0 Å². The molecular weight excluding hydrogens is 345 g/mol. The van der Waals surface area contributed by atoms with Crippen LogP contribution in [0.4, 0.5) is 4.39 Å². The summed E-state index contributed by atoms with van der Waals surface area (Å²) in [7, 11) is 1.00. The van der Waals surface area contributed by atoms with E-state index in [4.69, 9.17) is 9.84 Å². The largest absolute Gasteiger partial charge is 0.508 e. The van der Waals surface area contributed by atoms with Gasteiger partial charge in [0.05, 0.1) is 6.61 Å². The lowest BCUT2D eigenvalue weighted by Crippen LogP contribution is -2.38. The number of hydrogen-bond donors (Lipinski definition) is 3.